The van der Waals surface area contributed by atoms with Gasteiger partial charge in [0.2, 0.25) is 0 Å². The van der Waals surface area contributed by atoms with Crippen molar-refractivity contribution in [1.82, 2.24) is 0 Å². The smallest absolute Gasteiger partial charge is 0.330 e. The topological polar surface area (TPSA) is 54.0 Å². The summed E-state index contributed by atoms with van der Waals surface area (Å²) in [6.45, 7) is 8.16. The molecule has 0 amide bonds. The van der Waals surface area contributed by atoms with Gasteiger partial charge in [0.05, 0.1) is 25.9 Å². The van der Waals surface area contributed by atoms with Crippen LogP contribution >= 0.6 is 0 Å². The van der Waals surface area contributed by atoms with Gasteiger partial charge in [-0.3, -0.25) is 0 Å². The number of rotatable bonds is 12. The fourth-order valence-electron chi connectivity index (χ4n) is 1.17. The molecule has 1 unspecified atom stereocenters. The summed E-state index contributed by atoms with van der Waals surface area (Å²) in [6.07, 6.45) is 2.96. The first-order valence-electron chi connectivity index (χ1n) is 6.18. The van der Waals surface area contributed by atoms with Gasteiger partial charge in [-0.25, -0.2) is 4.79 Å². The summed E-state index contributed by atoms with van der Waals surface area (Å²) in [4.78, 5) is 10.7. The van der Waals surface area contributed by atoms with Crippen molar-refractivity contribution in [3.8, 4) is 0 Å². The van der Waals surface area contributed by atoms with E-state index >= 15 is 0 Å². The van der Waals surface area contributed by atoms with Crippen LogP contribution in [0.1, 0.15) is 19.8 Å². The normalized spacial score (nSPS) is 12.3. The lowest BCUT2D eigenvalue weighted by atomic mass is 10.3. The van der Waals surface area contributed by atoms with Gasteiger partial charge >= 0.3 is 5.97 Å². The van der Waals surface area contributed by atoms with E-state index < -0.39 is 5.97 Å². The van der Waals surface area contributed by atoms with Crippen LogP contribution in [0, 0.1) is 0 Å². The maximum Gasteiger partial charge on any atom is 0.330 e. The van der Waals surface area contributed by atoms with Crippen molar-refractivity contribution < 1.29 is 23.4 Å². The molecule has 0 rings (SSSR count). The molecule has 1 atom stereocenters. The maximum absolute atomic E-state index is 10.7. The monoisotopic (exact) mass is 276 g/mol. The molecule has 0 aliphatic heterocycles. The summed E-state index contributed by atoms with van der Waals surface area (Å²) in [7, 11) is 0.778. The lowest BCUT2D eigenvalue weighted by molar-refractivity contribution is -0.138. The molecule has 0 aliphatic rings. The van der Waals surface area contributed by atoms with Gasteiger partial charge in [-0.2, -0.15) is 0 Å². The molecule has 0 radical (unpaired) electrons. The van der Waals surface area contributed by atoms with Gasteiger partial charge in [0.15, 0.2) is 0 Å². The lowest BCUT2D eigenvalue weighted by Crippen LogP contribution is -2.15. The number of hydrogen-bond donors (Lipinski definition) is 0. The van der Waals surface area contributed by atoms with Crippen molar-refractivity contribution in [3.05, 3.63) is 12.7 Å². The van der Waals surface area contributed by atoms with E-state index in [4.69, 9.17) is 18.6 Å². The molecule has 6 heteroatoms. The van der Waals surface area contributed by atoms with Crippen molar-refractivity contribution in [3.63, 3.8) is 0 Å². The summed E-state index contributed by atoms with van der Waals surface area (Å²) >= 11 is 0. The van der Waals surface area contributed by atoms with E-state index in [1.54, 1.807) is 0 Å². The quantitative estimate of drug-likeness (QED) is 0.221. The molecule has 5 nitrogen and oxygen atoms in total. The van der Waals surface area contributed by atoms with Gasteiger partial charge in [-0.05, 0) is 13.3 Å². The number of esters is 1. The van der Waals surface area contributed by atoms with Crippen LogP contribution < -0.4 is 0 Å². The van der Waals surface area contributed by atoms with Crippen LogP contribution in [-0.2, 0) is 23.4 Å². The van der Waals surface area contributed by atoms with Crippen LogP contribution in [0.3, 0.4) is 0 Å². The largest absolute Gasteiger partial charge is 0.462 e. The van der Waals surface area contributed by atoms with Crippen molar-refractivity contribution in [2.75, 3.05) is 33.0 Å². The number of carbonyl (C=O) groups excluding carboxylic acids is 1. The second-order valence-electron chi connectivity index (χ2n) is 3.80. The highest BCUT2D eigenvalue weighted by molar-refractivity contribution is 5.97. The molecule has 0 aromatic rings. The number of ether oxygens (including phenoxy) is 3. The van der Waals surface area contributed by atoms with Crippen molar-refractivity contribution in [2.45, 2.75) is 25.9 Å². The van der Waals surface area contributed by atoms with E-state index in [1.165, 1.54) is 0 Å². The highest BCUT2D eigenvalue weighted by Crippen LogP contribution is 1.97. The molecule has 106 valence electrons. The van der Waals surface area contributed by atoms with Crippen LogP contribution in [0.2, 0.25) is 0 Å². The standard InChI is InChI=1S/C12H24O5Si/c1-3-12(13)16-7-4-6-14-9-10-15-11(2)5-8-17-18/h3,11H,1,4-10H2,2,18H3. The van der Waals surface area contributed by atoms with Crippen LogP contribution in [0.15, 0.2) is 12.7 Å². The summed E-state index contributed by atoms with van der Waals surface area (Å²) in [5.74, 6) is -0.395. The summed E-state index contributed by atoms with van der Waals surface area (Å²) < 4.78 is 20.7. The van der Waals surface area contributed by atoms with Crippen molar-refractivity contribution in [1.29, 1.82) is 0 Å². The molecule has 0 aliphatic carbocycles. The molecule has 0 saturated carbocycles. The Labute approximate surface area is 112 Å². The molecule has 0 heterocycles. The molecule has 0 aromatic heterocycles. The fourth-order valence-corrected chi connectivity index (χ4v) is 1.41. The first-order chi connectivity index (χ1) is 8.70. The minimum atomic E-state index is -0.395. The molecule has 0 fully saturated rings. The molecule has 18 heavy (non-hydrogen) atoms. The third-order valence-corrected chi connectivity index (χ3v) is 2.61. The van der Waals surface area contributed by atoms with Crippen LogP contribution in [-0.4, -0.2) is 55.6 Å². The molecule has 0 aromatic carbocycles. The van der Waals surface area contributed by atoms with Crippen molar-refractivity contribution in [2.24, 2.45) is 0 Å². The Kier molecular flexibility index (Phi) is 12.3. The van der Waals surface area contributed by atoms with Gasteiger partial charge in [0, 0.05) is 25.7 Å². The average Bonchev–Trinajstić information content (AvgIpc) is 2.38. The second kappa shape index (κ2) is 12.8. The molecular formula is C12H24O5Si. The summed E-state index contributed by atoms with van der Waals surface area (Å²) in [5.41, 5.74) is 0. The maximum atomic E-state index is 10.7. The van der Waals surface area contributed by atoms with Gasteiger partial charge in [0.1, 0.15) is 10.5 Å². The third-order valence-electron chi connectivity index (χ3n) is 2.20. The SMILES string of the molecule is C=CC(=O)OCCCOCCOC(C)CCO[SiH3]. The second-order valence-corrected chi connectivity index (χ2v) is 4.38. The lowest BCUT2D eigenvalue weighted by Gasteiger charge is -2.12. The Hall–Kier alpha value is -0.693. The van der Waals surface area contributed by atoms with Gasteiger partial charge in [0.25, 0.3) is 0 Å². The minimum absolute atomic E-state index is 0.205. The van der Waals surface area contributed by atoms with E-state index in [1.807, 2.05) is 6.92 Å². The zero-order valence-electron chi connectivity index (χ0n) is 11.4. The predicted molar refractivity (Wildman–Crippen MR) is 72.5 cm³/mol. The van der Waals surface area contributed by atoms with Gasteiger partial charge in [-0.15, -0.1) is 0 Å². The highest BCUT2D eigenvalue weighted by Gasteiger charge is 2.01. The fraction of sp³-hybridized carbons (Fsp3) is 0.750. The Balaban J connectivity index is 3.16. The van der Waals surface area contributed by atoms with Crippen LogP contribution in [0.5, 0.6) is 0 Å². The van der Waals surface area contributed by atoms with Gasteiger partial charge in [-0.1, -0.05) is 6.58 Å². The third kappa shape index (κ3) is 11.8. The van der Waals surface area contributed by atoms with E-state index in [0.29, 0.717) is 32.8 Å². The highest BCUT2D eigenvalue weighted by atomic mass is 28.2. The Morgan fingerprint density at radius 1 is 1.28 bits per heavy atom. The zero-order chi connectivity index (χ0) is 13.6. The predicted octanol–water partition coefficient (Wildman–Crippen LogP) is 0.215. The first-order valence-corrected chi connectivity index (χ1v) is 6.99. The van der Waals surface area contributed by atoms with E-state index in [0.717, 1.165) is 29.6 Å². The van der Waals surface area contributed by atoms with E-state index in [-0.39, 0.29) is 6.10 Å². The molecule has 0 saturated heterocycles. The number of hydrogen-bond acceptors (Lipinski definition) is 5. The Bertz CT molecular complexity index is 223. The zero-order valence-corrected chi connectivity index (χ0v) is 13.4. The molecular weight excluding hydrogens is 252 g/mol. The Morgan fingerprint density at radius 2 is 2.06 bits per heavy atom. The Morgan fingerprint density at radius 3 is 2.72 bits per heavy atom. The number of carbonyl (C=O) groups is 1. The van der Waals surface area contributed by atoms with Crippen molar-refractivity contribution >= 4 is 16.5 Å². The van der Waals surface area contributed by atoms with E-state index in [2.05, 4.69) is 6.58 Å². The van der Waals surface area contributed by atoms with Gasteiger partial charge < -0.3 is 18.6 Å². The molecule has 0 N–H and O–H groups in total. The summed E-state index contributed by atoms with van der Waals surface area (Å²) in [5, 5.41) is 0. The minimum Gasteiger partial charge on any atom is -0.462 e. The summed E-state index contributed by atoms with van der Waals surface area (Å²) in [6, 6.07) is 0. The van der Waals surface area contributed by atoms with E-state index in [9.17, 15) is 4.79 Å². The molecule has 0 spiro atoms. The molecule has 0 bridgehead atoms. The van der Waals surface area contributed by atoms with Crippen LogP contribution in [0.4, 0.5) is 0 Å². The van der Waals surface area contributed by atoms with Crippen LogP contribution in [0.25, 0.3) is 0 Å². The average molecular weight is 276 g/mol. The first kappa shape index (κ1) is 17.3.